The molecule has 89 heavy (non-hydrogen) atoms. The van der Waals surface area contributed by atoms with Crippen molar-refractivity contribution < 1.29 is 72.5 Å². The first-order valence-electron chi connectivity index (χ1n) is 30.9. The normalized spacial score (nSPS) is 12.7. The first-order chi connectivity index (χ1) is 41.8. The molecule has 0 aromatic heterocycles. The number of nitrogens with two attached hydrogens (primary N) is 2. The van der Waals surface area contributed by atoms with Crippen molar-refractivity contribution in [3.8, 4) is 0 Å². The predicted octanol–water partition coefficient (Wildman–Crippen LogP) is 0.0905. The SMILES string of the molecule is C.CCC.CN[C@@H](CCCCNC(=O)COCCOCCNC(=O)COCCOCCNC(=O)CCCC(=O)N[C@@H](CCCCNC(=O)CCCC(=O)NC(CNC(C)(C)/C(C)=N/O)CNC(C)(C)/C(C)=N/O)C(=O)NCCCC[C@H](NC)C(N)=O)C(N)=O. The van der Waals surface area contributed by atoms with E-state index in [0.717, 1.165) is 6.42 Å². The van der Waals surface area contributed by atoms with E-state index < -0.39 is 46.9 Å². The van der Waals surface area contributed by atoms with Gasteiger partial charge >= 0.3 is 0 Å². The lowest BCUT2D eigenvalue weighted by Gasteiger charge is -2.32. The molecule has 9 amide bonds. The highest BCUT2D eigenvalue weighted by Gasteiger charge is 2.27. The van der Waals surface area contributed by atoms with Gasteiger partial charge in [-0.15, -0.1) is 0 Å². The molecule has 0 aliphatic carbocycles. The molecule has 0 spiro atoms. The molecule has 30 heteroatoms. The minimum Gasteiger partial charge on any atom is -0.411 e. The van der Waals surface area contributed by atoms with Crippen LogP contribution in [-0.2, 0) is 62.1 Å². The van der Waals surface area contributed by atoms with Crippen molar-refractivity contribution in [1.29, 1.82) is 0 Å². The molecule has 0 heterocycles. The molecular weight excluding hydrogens is 1160 g/mol. The largest absolute Gasteiger partial charge is 0.411 e. The van der Waals surface area contributed by atoms with Crippen LogP contribution in [-0.4, -0.2) is 223 Å². The van der Waals surface area contributed by atoms with Crippen molar-refractivity contribution >= 4 is 64.6 Å². The van der Waals surface area contributed by atoms with Gasteiger partial charge in [-0.25, -0.2) is 0 Å². The summed E-state index contributed by atoms with van der Waals surface area (Å²) in [4.78, 5) is 111. The van der Waals surface area contributed by atoms with Gasteiger partial charge in [0.25, 0.3) is 0 Å². The van der Waals surface area contributed by atoms with E-state index in [0.29, 0.717) is 89.1 Å². The van der Waals surface area contributed by atoms with Crippen LogP contribution in [0.3, 0.4) is 0 Å². The van der Waals surface area contributed by atoms with E-state index in [9.17, 15) is 53.6 Å². The summed E-state index contributed by atoms with van der Waals surface area (Å²) in [6.45, 7) is 18.0. The average molecular weight is 1280 g/mol. The highest BCUT2D eigenvalue weighted by atomic mass is 16.5. The van der Waals surface area contributed by atoms with Crippen molar-refractivity contribution in [3.05, 3.63) is 0 Å². The maximum absolute atomic E-state index is 13.3. The average Bonchev–Trinajstić information content (AvgIpc) is 3.56. The number of amides is 9. The summed E-state index contributed by atoms with van der Waals surface area (Å²) in [7, 11) is 3.31. The van der Waals surface area contributed by atoms with Crippen LogP contribution < -0.4 is 70.0 Å². The van der Waals surface area contributed by atoms with Crippen LogP contribution in [0, 0.1) is 0 Å². The standard InChI is InChI=1S/C55H105N15O15.C3H8.CH4/c1-39(69-80)54(3,4)65-35-41(36-66-55(5,6)40(2)70-81)67-47(73)22-15-20-45(71)60-24-13-11-19-44(53(79)64-26-14-10-18-43(59-8)52(57)78)68-48(74)23-16-21-46(72)62-27-29-82-31-34-85-38-50(76)63-28-30-83-32-33-84-37-49(75)61-25-12-9-17-42(58-7)51(56)77;1-3-2;/h41-44,58-59,65-66,80-81H,9-38H2,1-8H3,(H2,56,77)(H2,57,78)(H,60,71)(H,61,75)(H,62,72)(H,63,76)(H,64,79)(H,67,73)(H,68,74);3H2,1-2H3;1H4/b69-39+,70-40+;;/t42-,43-,44-;;/m0../s1. The second kappa shape index (κ2) is 54.8. The van der Waals surface area contributed by atoms with Crippen molar-refractivity contribution in [3.63, 3.8) is 0 Å². The minimum atomic E-state index is -0.879. The van der Waals surface area contributed by atoms with E-state index in [1.54, 1.807) is 27.9 Å². The fourth-order valence-corrected chi connectivity index (χ4v) is 7.73. The summed E-state index contributed by atoms with van der Waals surface area (Å²) in [5.74, 6) is -3.07. The highest BCUT2D eigenvalue weighted by molar-refractivity contribution is 5.91. The number of ether oxygens (including phenoxy) is 4. The number of nitrogens with zero attached hydrogens (tertiary/aromatic N) is 2. The number of likely N-dealkylation sites (N-methyl/N-ethyl adjacent to an activating group) is 2. The fourth-order valence-electron chi connectivity index (χ4n) is 7.73. The Bertz CT molecular complexity index is 2020. The van der Waals surface area contributed by atoms with Crippen molar-refractivity contribution in [1.82, 2.24) is 58.5 Å². The molecule has 0 aromatic rings. The Kier molecular flexibility index (Phi) is 53.6. The number of hydrogen-bond donors (Lipinski definition) is 15. The maximum atomic E-state index is 13.3. The van der Waals surface area contributed by atoms with Gasteiger partial charge in [-0.05, 0) is 126 Å². The van der Waals surface area contributed by atoms with Crippen LogP contribution in [0.25, 0.3) is 0 Å². The predicted molar refractivity (Wildman–Crippen MR) is 342 cm³/mol. The minimum absolute atomic E-state index is 0. The molecule has 0 aliphatic rings. The molecule has 0 radical (unpaired) electrons. The quantitative estimate of drug-likeness (QED) is 0.0166. The van der Waals surface area contributed by atoms with Crippen LogP contribution in [0.2, 0.25) is 0 Å². The van der Waals surface area contributed by atoms with Gasteiger partial charge in [0.05, 0.1) is 80.3 Å². The van der Waals surface area contributed by atoms with E-state index in [1.165, 1.54) is 6.42 Å². The van der Waals surface area contributed by atoms with Gasteiger partial charge in [-0.1, -0.05) is 38.0 Å². The van der Waals surface area contributed by atoms with E-state index in [1.807, 2.05) is 27.7 Å². The Labute approximate surface area is 529 Å². The third-order valence-electron chi connectivity index (χ3n) is 13.8. The molecule has 17 N–H and O–H groups in total. The summed E-state index contributed by atoms with van der Waals surface area (Å²) in [6.07, 6.45) is 6.93. The maximum Gasteiger partial charge on any atom is 0.246 e. The van der Waals surface area contributed by atoms with E-state index >= 15 is 0 Å². The first-order valence-corrected chi connectivity index (χ1v) is 30.9. The summed E-state index contributed by atoms with van der Waals surface area (Å²) >= 11 is 0. The molecule has 0 saturated heterocycles. The smallest absolute Gasteiger partial charge is 0.246 e. The van der Waals surface area contributed by atoms with E-state index in [4.69, 9.17) is 30.4 Å². The van der Waals surface area contributed by atoms with E-state index in [2.05, 4.69) is 82.6 Å². The van der Waals surface area contributed by atoms with Gasteiger partial charge < -0.3 is 99.3 Å². The zero-order chi connectivity index (χ0) is 66.6. The number of rotatable bonds is 54. The van der Waals surface area contributed by atoms with Crippen molar-refractivity contribution in [2.75, 3.05) is 113 Å². The Balaban J connectivity index is -0.0000181. The number of unbranched alkanes of at least 4 members (excludes halogenated alkanes) is 3. The molecule has 0 bridgehead atoms. The topological polar surface area (TPSA) is 440 Å². The van der Waals surface area contributed by atoms with E-state index in [-0.39, 0.29) is 160 Å². The van der Waals surface area contributed by atoms with Crippen molar-refractivity contribution in [2.24, 2.45) is 21.8 Å². The van der Waals surface area contributed by atoms with Crippen LogP contribution in [0.1, 0.15) is 166 Å². The molecule has 0 saturated carbocycles. The van der Waals surface area contributed by atoms with Crippen LogP contribution in [0.5, 0.6) is 0 Å². The Morgan fingerprint density at radius 2 is 0.787 bits per heavy atom. The summed E-state index contributed by atoms with van der Waals surface area (Å²) in [5, 5.41) is 57.1. The molecule has 30 nitrogen and oxygen atoms in total. The Morgan fingerprint density at radius 3 is 1.18 bits per heavy atom. The molecule has 0 unspecified atom stereocenters. The number of primary amides is 2. The second-order valence-electron chi connectivity index (χ2n) is 22.2. The van der Waals surface area contributed by atoms with Crippen LogP contribution in [0.15, 0.2) is 10.3 Å². The Morgan fingerprint density at radius 1 is 0.449 bits per heavy atom. The molecule has 0 fully saturated rings. The molecular formula is C59H117N15O15. The number of hydrogen-bond acceptors (Lipinski definition) is 21. The summed E-state index contributed by atoms with van der Waals surface area (Å²) in [5.41, 5.74) is 10.3. The summed E-state index contributed by atoms with van der Waals surface area (Å²) in [6, 6.07) is -2.17. The molecule has 518 valence electrons. The van der Waals surface area contributed by atoms with Crippen LogP contribution >= 0.6 is 0 Å². The lowest BCUT2D eigenvalue weighted by molar-refractivity contribution is -0.129. The van der Waals surface area contributed by atoms with Gasteiger partial charge in [-0.2, -0.15) is 0 Å². The fraction of sp³-hybridized carbons (Fsp3) is 0.814. The van der Waals surface area contributed by atoms with Gasteiger partial charge in [0.2, 0.25) is 53.2 Å². The number of nitrogens with one attached hydrogen (secondary N) is 11. The zero-order valence-electron chi connectivity index (χ0n) is 54.5. The highest BCUT2D eigenvalue weighted by Crippen LogP contribution is 2.10. The molecule has 0 aromatic carbocycles. The number of carbonyl (C=O) groups excluding carboxylic acids is 9. The summed E-state index contributed by atoms with van der Waals surface area (Å²) < 4.78 is 21.5. The third kappa shape index (κ3) is 48.4. The first kappa shape index (κ1) is 87.1. The van der Waals surface area contributed by atoms with Gasteiger partial charge in [0.15, 0.2) is 0 Å². The van der Waals surface area contributed by atoms with Gasteiger partial charge in [-0.3, -0.25) is 43.2 Å². The van der Waals surface area contributed by atoms with Crippen LogP contribution in [0.4, 0.5) is 0 Å². The Hall–Kier alpha value is -6.15. The molecule has 3 atom stereocenters. The van der Waals surface area contributed by atoms with Crippen molar-refractivity contribution in [2.45, 2.75) is 201 Å². The second-order valence-corrected chi connectivity index (χ2v) is 22.2. The number of carbonyl (C=O) groups is 9. The molecule has 0 rings (SSSR count). The lowest BCUT2D eigenvalue weighted by atomic mass is 9.98. The molecule has 0 aliphatic heterocycles. The van der Waals surface area contributed by atoms with Gasteiger partial charge in [0, 0.05) is 71.5 Å². The zero-order valence-corrected chi connectivity index (χ0v) is 54.5. The lowest BCUT2D eigenvalue weighted by Crippen LogP contribution is -2.57. The van der Waals surface area contributed by atoms with Gasteiger partial charge in [0.1, 0.15) is 19.3 Å². The monoisotopic (exact) mass is 1280 g/mol. The third-order valence-corrected chi connectivity index (χ3v) is 13.8. The number of oxime groups is 2.